The Morgan fingerprint density at radius 1 is 1.40 bits per heavy atom. The molecule has 0 heterocycles. The summed E-state index contributed by atoms with van der Waals surface area (Å²) in [5.74, 6) is -0.982. The standard InChI is InChI=1S/C13H21FN2O3S/c1-3-16(20(2,18)19)9-5-8-15-10-11-6-4-7-12(14)13(11)17/h4,6-7,15,17H,3,5,8-10H2,1-2H3. The molecule has 0 unspecified atom stereocenters. The van der Waals surface area contributed by atoms with Crippen LogP contribution in [0.3, 0.4) is 0 Å². The first-order chi connectivity index (χ1) is 9.36. The topological polar surface area (TPSA) is 69.6 Å². The van der Waals surface area contributed by atoms with Gasteiger partial charge in [-0.05, 0) is 19.0 Å². The molecule has 2 N–H and O–H groups in total. The van der Waals surface area contributed by atoms with Gasteiger partial charge in [-0.3, -0.25) is 0 Å². The summed E-state index contributed by atoms with van der Waals surface area (Å²) in [7, 11) is -3.15. The molecule has 20 heavy (non-hydrogen) atoms. The Morgan fingerprint density at radius 2 is 2.10 bits per heavy atom. The molecule has 0 radical (unpaired) electrons. The highest BCUT2D eigenvalue weighted by Gasteiger charge is 2.13. The molecule has 0 amide bonds. The fourth-order valence-electron chi connectivity index (χ4n) is 1.86. The highest BCUT2D eigenvalue weighted by Crippen LogP contribution is 2.20. The van der Waals surface area contributed by atoms with E-state index in [0.29, 0.717) is 38.2 Å². The van der Waals surface area contributed by atoms with Crippen molar-refractivity contribution >= 4 is 10.0 Å². The summed E-state index contributed by atoms with van der Waals surface area (Å²) in [4.78, 5) is 0. The van der Waals surface area contributed by atoms with Crippen LogP contribution in [0.4, 0.5) is 4.39 Å². The molecule has 0 aliphatic heterocycles. The van der Waals surface area contributed by atoms with E-state index in [1.54, 1.807) is 13.0 Å². The Labute approximate surface area is 119 Å². The number of benzene rings is 1. The van der Waals surface area contributed by atoms with Crippen molar-refractivity contribution in [3.05, 3.63) is 29.6 Å². The molecule has 0 atom stereocenters. The van der Waals surface area contributed by atoms with Gasteiger partial charge in [0, 0.05) is 25.2 Å². The fourth-order valence-corrected chi connectivity index (χ4v) is 2.79. The minimum atomic E-state index is -3.15. The summed E-state index contributed by atoms with van der Waals surface area (Å²) in [6.07, 6.45) is 1.84. The molecular formula is C13H21FN2O3S. The molecule has 0 bridgehead atoms. The SMILES string of the molecule is CCN(CCCNCc1cccc(F)c1O)S(C)(=O)=O. The van der Waals surface area contributed by atoms with Gasteiger partial charge in [0.2, 0.25) is 10.0 Å². The molecule has 114 valence electrons. The lowest BCUT2D eigenvalue weighted by atomic mass is 10.2. The van der Waals surface area contributed by atoms with Gasteiger partial charge in [0.15, 0.2) is 11.6 Å². The van der Waals surface area contributed by atoms with E-state index in [2.05, 4.69) is 5.32 Å². The maximum atomic E-state index is 13.1. The molecule has 0 fully saturated rings. The molecular weight excluding hydrogens is 283 g/mol. The maximum Gasteiger partial charge on any atom is 0.211 e. The Morgan fingerprint density at radius 3 is 2.70 bits per heavy atom. The number of rotatable bonds is 8. The normalized spacial score (nSPS) is 12.0. The van der Waals surface area contributed by atoms with Gasteiger partial charge in [-0.25, -0.2) is 17.1 Å². The molecule has 7 heteroatoms. The number of nitrogens with zero attached hydrogens (tertiary/aromatic N) is 1. The molecule has 1 rings (SSSR count). The third-order valence-electron chi connectivity index (χ3n) is 2.97. The van der Waals surface area contributed by atoms with Gasteiger partial charge < -0.3 is 10.4 Å². The smallest absolute Gasteiger partial charge is 0.211 e. The number of hydrogen-bond donors (Lipinski definition) is 2. The molecule has 0 aliphatic carbocycles. The molecule has 0 saturated heterocycles. The zero-order valence-corrected chi connectivity index (χ0v) is 12.6. The third kappa shape index (κ3) is 5.07. The summed E-state index contributed by atoms with van der Waals surface area (Å²) in [5, 5.41) is 12.5. The number of aromatic hydroxyl groups is 1. The Kier molecular flexibility index (Phi) is 6.38. The molecule has 5 nitrogen and oxygen atoms in total. The van der Waals surface area contributed by atoms with E-state index in [1.807, 2.05) is 0 Å². The van der Waals surface area contributed by atoms with E-state index in [4.69, 9.17) is 0 Å². The third-order valence-corrected chi connectivity index (χ3v) is 4.35. The first-order valence-corrected chi connectivity index (χ1v) is 8.33. The maximum absolute atomic E-state index is 13.1. The Hall–Kier alpha value is -1.18. The number of nitrogens with one attached hydrogen (secondary N) is 1. The number of phenols is 1. The minimum absolute atomic E-state index is 0.341. The summed E-state index contributed by atoms with van der Waals surface area (Å²) in [6.45, 7) is 3.61. The summed E-state index contributed by atoms with van der Waals surface area (Å²) in [6, 6.07) is 4.37. The van der Waals surface area contributed by atoms with Crippen LogP contribution in [-0.4, -0.2) is 43.7 Å². The molecule has 0 spiro atoms. The number of para-hydroxylation sites is 1. The van der Waals surface area contributed by atoms with E-state index < -0.39 is 15.8 Å². The minimum Gasteiger partial charge on any atom is -0.505 e. The van der Waals surface area contributed by atoms with E-state index in [-0.39, 0.29) is 5.75 Å². The summed E-state index contributed by atoms with van der Waals surface area (Å²) >= 11 is 0. The predicted molar refractivity (Wildman–Crippen MR) is 76.5 cm³/mol. The average Bonchev–Trinajstić information content (AvgIpc) is 2.37. The Balaban J connectivity index is 2.34. The number of hydrogen-bond acceptors (Lipinski definition) is 4. The highest BCUT2D eigenvalue weighted by molar-refractivity contribution is 7.88. The van der Waals surface area contributed by atoms with Gasteiger partial charge in [0.25, 0.3) is 0 Å². The van der Waals surface area contributed by atoms with Crippen molar-refractivity contribution in [2.45, 2.75) is 19.9 Å². The van der Waals surface area contributed by atoms with Gasteiger partial charge in [-0.1, -0.05) is 19.1 Å². The van der Waals surface area contributed by atoms with E-state index in [9.17, 15) is 17.9 Å². The highest BCUT2D eigenvalue weighted by atomic mass is 32.2. The van der Waals surface area contributed by atoms with Crippen LogP contribution in [0, 0.1) is 5.82 Å². The summed E-state index contributed by atoms with van der Waals surface area (Å²) in [5.41, 5.74) is 0.487. The van der Waals surface area contributed by atoms with E-state index >= 15 is 0 Å². The monoisotopic (exact) mass is 304 g/mol. The summed E-state index contributed by atoms with van der Waals surface area (Å²) < 4.78 is 37.2. The zero-order chi connectivity index (χ0) is 15.2. The molecule has 1 aromatic rings. The van der Waals surface area contributed by atoms with Crippen molar-refractivity contribution in [3.8, 4) is 5.75 Å². The van der Waals surface area contributed by atoms with Crippen LogP contribution in [0.25, 0.3) is 0 Å². The van der Waals surface area contributed by atoms with Crippen LogP contribution in [-0.2, 0) is 16.6 Å². The zero-order valence-electron chi connectivity index (χ0n) is 11.8. The van der Waals surface area contributed by atoms with Crippen LogP contribution in [0.1, 0.15) is 18.9 Å². The largest absolute Gasteiger partial charge is 0.505 e. The second-order valence-electron chi connectivity index (χ2n) is 4.53. The van der Waals surface area contributed by atoms with Gasteiger partial charge in [0.1, 0.15) is 0 Å². The van der Waals surface area contributed by atoms with Crippen LogP contribution in [0.2, 0.25) is 0 Å². The van der Waals surface area contributed by atoms with Gasteiger partial charge in [-0.2, -0.15) is 0 Å². The Bertz CT molecular complexity index is 534. The van der Waals surface area contributed by atoms with Crippen molar-refractivity contribution in [2.24, 2.45) is 0 Å². The van der Waals surface area contributed by atoms with Gasteiger partial charge in [-0.15, -0.1) is 0 Å². The lowest BCUT2D eigenvalue weighted by Crippen LogP contribution is -2.32. The average molecular weight is 304 g/mol. The molecule has 1 aromatic carbocycles. The number of halogens is 1. The van der Waals surface area contributed by atoms with Crippen LogP contribution in [0.15, 0.2) is 18.2 Å². The number of phenolic OH excluding ortho intramolecular Hbond substituents is 1. The lowest BCUT2D eigenvalue weighted by molar-refractivity contribution is 0.413. The van der Waals surface area contributed by atoms with Crippen LogP contribution < -0.4 is 5.32 Å². The predicted octanol–water partition coefficient (Wildman–Crippen LogP) is 1.29. The first-order valence-electron chi connectivity index (χ1n) is 6.48. The van der Waals surface area contributed by atoms with Gasteiger partial charge in [0.05, 0.1) is 6.26 Å². The number of sulfonamides is 1. The fraction of sp³-hybridized carbons (Fsp3) is 0.538. The van der Waals surface area contributed by atoms with Crippen LogP contribution in [0.5, 0.6) is 5.75 Å². The molecule has 0 aromatic heterocycles. The molecule has 0 aliphatic rings. The van der Waals surface area contributed by atoms with Crippen molar-refractivity contribution < 1.29 is 17.9 Å². The lowest BCUT2D eigenvalue weighted by Gasteiger charge is -2.17. The van der Waals surface area contributed by atoms with Crippen molar-refractivity contribution in [1.29, 1.82) is 0 Å². The van der Waals surface area contributed by atoms with E-state index in [0.717, 1.165) is 0 Å². The van der Waals surface area contributed by atoms with Gasteiger partial charge >= 0.3 is 0 Å². The van der Waals surface area contributed by atoms with E-state index in [1.165, 1.54) is 22.7 Å². The second kappa shape index (κ2) is 7.56. The molecule has 0 saturated carbocycles. The first kappa shape index (κ1) is 16.9. The van der Waals surface area contributed by atoms with Crippen molar-refractivity contribution in [2.75, 3.05) is 25.9 Å². The van der Waals surface area contributed by atoms with Crippen molar-refractivity contribution in [3.63, 3.8) is 0 Å². The second-order valence-corrected chi connectivity index (χ2v) is 6.51. The van der Waals surface area contributed by atoms with Crippen molar-refractivity contribution in [1.82, 2.24) is 9.62 Å². The quantitative estimate of drug-likeness (QED) is 0.710. The van der Waals surface area contributed by atoms with Crippen LogP contribution >= 0.6 is 0 Å².